The summed E-state index contributed by atoms with van der Waals surface area (Å²) in [6.45, 7) is 3.64. The summed E-state index contributed by atoms with van der Waals surface area (Å²) in [5.74, 6) is 3.18. The Morgan fingerprint density at radius 1 is 1.20 bits per heavy atom. The second kappa shape index (κ2) is 6.36. The van der Waals surface area contributed by atoms with Crippen molar-refractivity contribution in [3.63, 3.8) is 0 Å². The number of fused-ring (bicyclic) bond motifs is 2. The smallest absolute Gasteiger partial charge is 0.267 e. The lowest BCUT2D eigenvalue weighted by molar-refractivity contribution is 0.363. The van der Waals surface area contributed by atoms with Crippen molar-refractivity contribution in [2.75, 3.05) is 18.0 Å². The quantitative estimate of drug-likeness (QED) is 0.484. The van der Waals surface area contributed by atoms with Crippen LogP contribution in [0.15, 0.2) is 38.5 Å². The van der Waals surface area contributed by atoms with Crippen molar-refractivity contribution in [1.29, 1.82) is 0 Å². The lowest BCUT2D eigenvalue weighted by Gasteiger charge is -2.20. The molecule has 1 aliphatic heterocycles. The van der Waals surface area contributed by atoms with Gasteiger partial charge in [0, 0.05) is 30.2 Å². The van der Waals surface area contributed by atoms with Gasteiger partial charge < -0.3 is 13.9 Å². The molecule has 2 fully saturated rings. The molecule has 0 radical (unpaired) electrons. The molecule has 0 amide bonds. The summed E-state index contributed by atoms with van der Waals surface area (Å²) >= 11 is 6.07. The van der Waals surface area contributed by atoms with Crippen LogP contribution in [0, 0.1) is 18.8 Å². The number of piperidine rings is 1. The lowest BCUT2D eigenvalue weighted by atomic mass is 10.2. The fourth-order valence-corrected chi connectivity index (χ4v) is 4.55. The minimum absolute atomic E-state index is 0.153. The zero-order chi connectivity index (χ0) is 20.4. The molecule has 6 rings (SSSR count). The van der Waals surface area contributed by atoms with Crippen molar-refractivity contribution in [3.8, 4) is 0 Å². The lowest BCUT2D eigenvalue weighted by Crippen LogP contribution is -2.24. The van der Waals surface area contributed by atoms with Gasteiger partial charge in [0.05, 0.1) is 5.69 Å². The number of hydrogen-bond donors (Lipinski definition) is 0. The molecule has 1 saturated carbocycles. The first-order valence-electron chi connectivity index (χ1n) is 9.59. The number of nitrogens with zero attached hydrogens (tertiary/aromatic N) is 7. The van der Waals surface area contributed by atoms with Crippen LogP contribution in [0.4, 0.5) is 5.82 Å². The van der Waals surface area contributed by atoms with Crippen LogP contribution in [0.1, 0.15) is 23.3 Å². The molecule has 5 heterocycles. The SMILES string of the molecule is Cc1noc2ncn(Cc3nc(C4C5CN(c6cc(Cl)ccn6)CC54)no3)c(=O)c12. The van der Waals surface area contributed by atoms with Gasteiger partial charge in [-0.2, -0.15) is 4.98 Å². The Morgan fingerprint density at radius 3 is 2.83 bits per heavy atom. The molecule has 2 atom stereocenters. The summed E-state index contributed by atoms with van der Waals surface area (Å²) in [6.07, 6.45) is 3.13. The van der Waals surface area contributed by atoms with E-state index < -0.39 is 0 Å². The first-order valence-corrected chi connectivity index (χ1v) is 9.96. The van der Waals surface area contributed by atoms with Crippen LogP contribution >= 0.6 is 11.6 Å². The van der Waals surface area contributed by atoms with E-state index in [-0.39, 0.29) is 23.7 Å². The van der Waals surface area contributed by atoms with Crippen LogP contribution in [0.2, 0.25) is 5.02 Å². The standard InChI is InChI=1S/C19H16ClN7O3/c1-9-15-18(30-24-9)22-8-27(19(15)28)7-14-23-17(25-29-14)16-11-5-26(6-12(11)16)13-4-10(20)2-3-21-13/h2-4,8,11-12,16H,5-7H2,1H3. The third kappa shape index (κ3) is 2.71. The van der Waals surface area contributed by atoms with E-state index in [1.54, 1.807) is 19.2 Å². The van der Waals surface area contributed by atoms with Crippen molar-refractivity contribution in [2.24, 2.45) is 11.8 Å². The molecule has 0 spiro atoms. The second-order valence-electron chi connectivity index (χ2n) is 7.76. The maximum absolute atomic E-state index is 12.6. The molecule has 1 saturated heterocycles. The van der Waals surface area contributed by atoms with E-state index in [0.29, 0.717) is 39.7 Å². The Hall–Kier alpha value is -3.27. The van der Waals surface area contributed by atoms with Gasteiger partial charge >= 0.3 is 0 Å². The molecule has 1 aliphatic carbocycles. The minimum atomic E-state index is -0.244. The van der Waals surface area contributed by atoms with Crippen LogP contribution < -0.4 is 10.5 Å². The molecule has 0 bridgehead atoms. The van der Waals surface area contributed by atoms with Crippen LogP contribution in [0.5, 0.6) is 0 Å². The Labute approximate surface area is 174 Å². The van der Waals surface area contributed by atoms with E-state index in [1.807, 2.05) is 6.07 Å². The average molecular weight is 426 g/mol. The first-order chi connectivity index (χ1) is 14.6. The zero-order valence-electron chi connectivity index (χ0n) is 15.9. The summed E-state index contributed by atoms with van der Waals surface area (Å²) in [5, 5.41) is 9.00. The number of anilines is 1. The number of hydrogen-bond acceptors (Lipinski definition) is 9. The third-order valence-corrected chi connectivity index (χ3v) is 6.18. The second-order valence-corrected chi connectivity index (χ2v) is 8.20. The highest BCUT2D eigenvalue weighted by Crippen LogP contribution is 2.57. The van der Waals surface area contributed by atoms with Gasteiger partial charge in [-0.3, -0.25) is 9.36 Å². The summed E-state index contributed by atoms with van der Waals surface area (Å²) in [7, 11) is 0. The Kier molecular flexibility index (Phi) is 3.73. The number of aryl methyl sites for hydroxylation is 1. The molecule has 30 heavy (non-hydrogen) atoms. The van der Waals surface area contributed by atoms with E-state index in [9.17, 15) is 4.79 Å². The molecule has 2 aliphatic rings. The Balaban J connectivity index is 1.17. The van der Waals surface area contributed by atoms with Crippen molar-refractivity contribution < 1.29 is 9.05 Å². The van der Waals surface area contributed by atoms with Crippen LogP contribution in [0.25, 0.3) is 11.1 Å². The molecule has 0 aromatic carbocycles. The minimum Gasteiger partial charge on any atom is -0.356 e. The topological polar surface area (TPSA) is 116 Å². The number of rotatable bonds is 4. The summed E-state index contributed by atoms with van der Waals surface area (Å²) in [5.41, 5.74) is 0.489. The van der Waals surface area contributed by atoms with E-state index in [0.717, 1.165) is 18.9 Å². The molecule has 4 aromatic rings. The average Bonchev–Trinajstić information content (AvgIpc) is 3.16. The summed E-state index contributed by atoms with van der Waals surface area (Å²) in [6, 6.07) is 3.65. The molecule has 2 unspecified atom stereocenters. The highest BCUT2D eigenvalue weighted by Gasteiger charge is 2.58. The fraction of sp³-hybridized carbons (Fsp3) is 0.368. The van der Waals surface area contributed by atoms with E-state index in [2.05, 4.69) is 30.2 Å². The van der Waals surface area contributed by atoms with Gasteiger partial charge in [0.1, 0.15) is 24.1 Å². The van der Waals surface area contributed by atoms with Crippen molar-refractivity contribution in [2.45, 2.75) is 19.4 Å². The van der Waals surface area contributed by atoms with Crippen LogP contribution in [-0.2, 0) is 6.54 Å². The van der Waals surface area contributed by atoms with E-state index >= 15 is 0 Å². The van der Waals surface area contributed by atoms with E-state index in [1.165, 1.54) is 10.9 Å². The van der Waals surface area contributed by atoms with Gasteiger partial charge in [-0.1, -0.05) is 21.9 Å². The molecular weight excluding hydrogens is 410 g/mol. The van der Waals surface area contributed by atoms with E-state index in [4.69, 9.17) is 20.6 Å². The zero-order valence-corrected chi connectivity index (χ0v) is 16.7. The van der Waals surface area contributed by atoms with Gasteiger partial charge in [-0.05, 0) is 30.9 Å². The van der Waals surface area contributed by atoms with Gasteiger partial charge in [0.2, 0.25) is 5.89 Å². The predicted molar refractivity (Wildman–Crippen MR) is 105 cm³/mol. The monoisotopic (exact) mass is 425 g/mol. The summed E-state index contributed by atoms with van der Waals surface area (Å²) in [4.78, 5) is 27.9. The molecule has 10 nitrogen and oxygen atoms in total. The number of halogens is 1. The predicted octanol–water partition coefficient (Wildman–Crippen LogP) is 2.02. The van der Waals surface area contributed by atoms with Gasteiger partial charge in [-0.15, -0.1) is 0 Å². The van der Waals surface area contributed by atoms with Crippen molar-refractivity contribution in [3.05, 3.63) is 57.4 Å². The molecule has 0 N–H and O–H groups in total. The van der Waals surface area contributed by atoms with Crippen LogP contribution in [-0.4, -0.2) is 42.9 Å². The number of pyridine rings is 1. The normalized spacial score (nSPS) is 22.6. The largest absolute Gasteiger partial charge is 0.356 e. The molecule has 11 heteroatoms. The van der Waals surface area contributed by atoms with Gasteiger partial charge in [-0.25, -0.2) is 9.97 Å². The van der Waals surface area contributed by atoms with Gasteiger partial charge in [0.25, 0.3) is 11.3 Å². The highest BCUT2D eigenvalue weighted by atomic mass is 35.5. The first kappa shape index (κ1) is 17.6. The Bertz CT molecular complexity index is 1320. The van der Waals surface area contributed by atoms with Crippen molar-refractivity contribution in [1.82, 2.24) is 29.8 Å². The molecule has 4 aromatic heterocycles. The van der Waals surface area contributed by atoms with Gasteiger partial charge in [0.15, 0.2) is 5.82 Å². The third-order valence-electron chi connectivity index (χ3n) is 5.95. The fourth-order valence-electron chi connectivity index (χ4n) is 4.40. The highest BCUT2D eigenvalue weighted by molar-refractivity contribution is 6.30. The molecular formula is C19H16ClN7O3. The Morgan fingerprint density at radius 2 is 2.03 bits per heavy atom. The van der Waals surface area contributed by atoms with Crippen LogP contribution in [0.3, 0.4) is 0 Å². The maximum Gasteiger partial charge on any atom is 0.267 e. The number of aromatic nitrogens is 6. The molecule has 152 valence electrons. The maximum atomic E-state index is 12.6. The summed E-state index contributed by atoms with van der Waals surface area (Å²) < 4.78 is 11.9. The van der Waals surface area contributed by atoms with Crippen molar-refractivity contribution >= 4 is 28.5 Å².